The van der Waals surface area contributed by atoms with Gasteiger partial charge in [-0.3, -0.25) is 15.6 Å². The number of nitrogens with zero attached hydrogens (tertiary/aromatic N) is 3. The summed E-state index contributed by atoms with van der Waals surface area (Å²) in [6.45, 7) is 1.42. The lowest BCUT2D eigenvalue weighted by Crippen LogP contribution is -2.47. The Hall–Kier alpha value is -2.25. The number of rotatable bonds is 4. The minimum absolute atomic E-state index is 0.0311. The summed E-state index contributed by atoms with van der Waals surface area (Å²) in [6, 6.07) is 5.97. The minimum Gasteiger partial charge on any atom is -0.352 e. The number of hydrogen-bond acceptors (Lipinski definition) is 5. The molecule has 1 saturated carbocycles. The molecule has 3 heterocycles. The minimum atomic E-state index is 0.0311. The predicted molar refractivity (Wildman–Crippen MR) is 89.0 cm³/mol. The van der Waals surface area contributed by atoms with E-state index in [2.05, 4.69) is 26.3 Å². The molecule has 1 aliphatic carbocycles. The fourth-order valence-corrected chi connectivity index (χ4v) is 3.82. The molecule has 1 saturated heterocycles. The molecule has 3 atom stereocenters. The molecule has 4 rings (SSSR count). The van der Waals surface area contributed by atoms with Crippen molar-refractivity contribution in [1.29, 1.82) is 0 Å². The van der Waals surface area contributed by atoms with Crippen LogP contribution in [-0.2, 0) is 11.3 Å². The van der Waals surface area contributed by atoms with Gasteiger partial charge in [0.25, 0.3) is 0 Å². The van der Waals surface area contributed by atoms with Gasteiger partial charge in [0, 0.05) is 43.3 Å². The molecule has 0 bridgehead atoms. The van der Waals surface area contributed by atoms with Crippen LogP contribution in [0, 0.1) is 11.8 Å². The van der Waals surface area contributed by atoms with Crippen molar-refractivity contribution in [2.45, 2.75) is 31.8 Å². The van der Waals surface area contributed by atoms with Crippen LogP contribution in [0.15, 0.2) is 36.8 Å². The van der Waals surface area contributed by atoms with Crippen molar-refractivity contribution in [2.24, 2.45) is 11.8 Å². The maximum Gasteiger partial charge on any atom is 0.225 e. The highest BCUT2D eigenvalue weighted by molar-refractivity contribution is 5.79. The van der Waals surface area contributed by atoms with Crippen molar-refractivity contribution in [2.75, 3.05) is 6.54 Å². The highest BCUT2D eigenvalue weighted by Crippen LogP contribution is 2.31. The van der Waals surface area contributed by atoms with Gasteiger partial charge in [0.2, 0.25) is 5.91 Å². The topological polar surface area (TPSA) is 83.9 Å². The molecule has 0 spiro atoms. The Morgan fingerprint density at radius 3 is 3.17 bits per heavy atom. The molecule has 24 heavy (non-hydrogen) atoms. The lowest BCUT2D eigenvalue weighted by atomic mass is 9.77. The van der Waals surface area contributed by atoms with E-state index in [0.29, 0.717) is 12.5 Å². The molecule has 2 fully saturated rings. The third-order valence-corrected chi connectivity index (χ3v) is 5.04. The quantitative estimate of drug-likeness (QED) is 0.773. The van der Waals surface area contributed by atoms with E-state index in [9.17, 15) is 4.79 Å². The van der Waals surface area contributed by atoms with Crippen LogP contribution >= 0.6 is 0 Å². The van der Waals surface area contributed by atoms with E-state index in [1.165, 1.54) is 6.42 Å². The summed E-state index contributed by atoms with van der Waals surface area (Å²) in [7, 11) is 0. The fraction of sp³-hybridized carbons (Fsp3) is 0.471. The smallest absolute Gasteiger partial charge is 0.225 e. The van der Waals surface area contributed by atoms with Crippen LogP contribution in [-0.4, -0.2) is 33.3 Å². The van der Waals surface area contributed by atoms with Crippen molar-refractivity contribution in [3.8, 4) is 5.82 Å². The summed E-state index contributed by atoms with van der Waals surface area (Å²) < 4.78 is 1.72. The summed E-state index contributed by atoms with van der Waals surface area (Å²) in [4.78, 5) is 17.1. The second kappa shape index (κ2) is 6.70. The molecule has 3 unspecified atom stereocenters. The standard InChI is InChI=1S/C17H22N6O/c24-17(14-6-1-4-12-11-20-22-15(12)14)19-10-13-5-2-7-18-16(13)23-9-3-8-21-23/h2-3,5,7-9,12,14-15,20,22H,1,4,6,10-11H2,(H,19,24). The van der Waals surface area contributed by atoms with Crippen LogP contribution in [0.4, 0.5) is 0 Å². The van der Waals surface area contributed by atoms with Crippen molar-refractivity contribution in [3.05, 3.63) is 42.4 Å². The van der Waals surface area contributed by atoms with Gasteiger partial charge in [-0.25, -0.2) is 9.67 Å². The molecule has 2 aromatic heterocycles. The van der Waals surface area contributed by atoms with Crippen LogP contribution in [0.1, 0.15) is 24.8 Å². The zero-order valence-corrected chi connectivity index (χ0v) is 13.5. The van der Waals surface area contributed by atoms with E-state index in [-0.39, 0.29) is 17.9 Å². The predicted octanol–water partition coefficient (Wildman–Crippen LogP) is 0.776. The van der Waals surface area contributed by atoms with Crippen LogP contribution < -0.4 is 16.2 Å². The average Bonchev–Trinajstić information content (AvgIpc) is 3.30. The van der Waals surface area contributed by atoms with Crippen molar-refractivity contribution >= 4 is 5.91 Å². The molecule has 3 N–H and O–H groups in total. The monoisotopic (exact) mass is 326 g/mol. The van der Waals surface area contributed by atoms with Crippen LogP contribution in [0.3, 0.4) is 0 Å². The van der Waals surface area contributed by atoms with Crippen LogP contribution in [0.5, 0.6) is 0 Å². The first kappa shape index (κ1) is 15.3. The van der Waals surface area contributed by atoms with E-state index in [1.54, 1.807) is 17.1 Å². The Labute approximate surface area is 140 Å². The number of carbonyl (C=O) groups excluding carboxylic acids is 1. The third-order valence-electron chi connectivity index (χ3n) is 5.04. The van der Waals surface area contributed by atoms with E-state index in [4.69, 9.17) is 0 Å². The molecule has 0 aromatic carbocycles. The Kier molecular flexibility index (Phi) is 4.27. The third kappa shape index (κ3) is 2.92. The highest BCUT2D eigenvalue weighted by atomic mass is 16.1. The number of pyridine rings is 1. The first-order valence-electron chi connectivity index (χ1n) is 8.53. The lowest BCUT2D eigenvalue weighted by Gasteiger charge is -2.31. The summed E-state index contributed by atoms with van der Waals surface area (Å²) in [5, 5.41) is 7.33. The number of carbonyl (C=O) groups is 1. The van der Waals surface area contributed by atoms with Crippen molar-refractivity contribution < 1.29 is 4.79 Å². The van der Waals surface area contributed by atoms with Gasteiger partial charge in [-0.05, 0) is 30.9 Å². The van der Waals surface area contributed by atoms with E-state index in [1.807, 2.05) is 24.4 Å². The van der Waals surface area contributed by atoms with Gasteiger partial charge in [-0.15, -0.1) is 0 Å². The maximum atomic E-state index is 12.7. The molecule has 7 heteroatoms. The van der Waals surface area contributed by atoms with E-state index >= 15 is 0 Å². The average molecular weight is 326 g/mol. The number of aromatic nitrogens is 3. The molecule has 126 valence electrons. The van der Waals surface area contributed by atoms with Gasteiger partial charge in [-0.1, -0.05) is 12.5 Å². The van der Waals surface area contributed by atoms with E-state index in [0.717, 1.165) is 30.8 Å². The lowest BCUT2D eigenvalue weighted by molar-refractivity contribution is -0.127. The number of hydrazine groups is 1. The van der Waals surface area contributed by atoms with Crippen molar-refractivity contribution in [1.82, 2.24) is 30.9 Å². The molecule has 7 nitrogen and oxygen atoms in total. The van der Waals surface area contributed by atoms with Crippen LogP contribution in [0.25, 0.3) is 5.82 Å². The first-order chi connectivity index (χ1) is 11.8. The Morgan fingerprint density at radius 2 is 2.29 bits per heavy atom. The Morgan fingerprint density at radius 1 is 1.33 bits per heavy atom. The van der Waals surface area contributed by atoms with Crippen LogP contribution in [0.2, 0.25) is 0 Å². The first-order valence-corrected chi connectivity index (χ1v) is 8.53. The fourth-order valence-electron chi connectivity index (χ4n) is 3.82. The number of nitrogens with one attached hydrogen (secondary N) is 3. The Balaban J connectivity index is 1.45. The van der Waals surface area contributed by atoms with Gasteiger partial charge in [0.05, 0.1) is 5.92 Å². The molecular weight excluding hydrogens is 304 g/mol. The van der Waals surface area contributed by atoms with Gasteiger partial charge in [0.1, 0.15) is 0 Å². The summed E-state index contributed by atoms with van der Waals surface area (Å²) in [6.07, 6.45) is 8.57. The molecule has 2 aliphatic rings. The molecule has 1 aliphatic heterocycles. The Bertz CT molecular complexity index is 701. The molecular formula is C17H22N6O. The van der Waals surface area contributed by atoms with Gasteiger partial charge >= 0.3 is 0 Å². The normalized spacial score (nSPS) is 26.1. The SMILES string of the molecule is O=C(NCc1cccnc1-n1cccn1)C1CCCC2CNNC21. The summed E-state index contributed by atoms with van der Waals surface area (Å²) in [5.41, 5.74) is 7.44. The molecule has 2 aromatic rings. The number of hydrogen-bond donors (Lipinski definition) is 3. The van der Waals surface area contributed by atoms with Crippen molar-refractivity contribution in [3.63, 3.8) is 0 Å². The summed E-state index contributed by atoms with van der Waals surface area (Å²) >= 11 is 0. The second-order valence-electron chi connectivity index (χ2n) is 6.50. The van der Waals surface area contributed by atoms with E-state index < -0.39 is 0 Å². The number of fused-ring (bicyclic) bond motifs is 1. The molecule has 1 amide bonds. The van der Waals surface area contributed by atoms with Gasteiger partial charge in [0.15, 0.2) is 5.82 Å². The second-order valence-corrected chi connectivity index (χ2v) is 6.50. The zero-order chi connectivity index (χ0) is 16.4. The molecule has 0 radical (unpaired) electrons. The zero-order valence-electron chi connectivity index (χ0n) is 13.5. The maximum absolute atomic E-state index is 12.7. The number of amides is 1. The highest BCUT2D eigenvalue weighted by Gasteiger charge is 2.40. The van der Waals surface area contributed by atoms with Gasteiger partial charge < -0.3 is 5.32 Å². The largest absolute Gasteiger partial charge is 0.352 e. The van der Waals surface area contributed by atoms with Gasteiger partial charge in [-0.2, -0.15) is 5.10 Å². The summed E-state index contributed by atoms with van der Waals surface area (Å²) in [5.74, 6) is 1.47.